The molecule has 2 atom stereocenters. The lowest BCUT2D eigenvalue weighted by Gasteiger charge is -2.39. The van der Waals surface area contributed by atoms with Crippen molar-refractivity contribution in [2.45, 2.75) is 31.7 Å². The third-order valence-corrected chi connectivity index (χ3v) is 5.88. The van der Waals surface area contributed by atoms with Crippen molar-refractivity contribution < 1.29 is 9.53 Å². The fraction of sp³-hybridized carbons (Fsp3) is 0.650. The standard InChI is InChI=1S/C20H29N3O2/c24-20-19(8-7-17-5-1-2-6-18(17)21-20)23-9-3-4-16(15-23)14-22-10-12-25-13-11-22/h1-2,5-6,16,19H,3-4,7-15H2,(H,21,24)/t16-,19+/m0/s1. The molecule has 2 saturated heterocycles. The molecule has 136 valence electrons. The highest BCUT2D eigenvalue weighted by Gasteiger charge is 2.32. The Morgan fingerprint density at radius 3 is 2.84 bits per heavy atom. The predicted molar refractivity (Wildman–Crippen MR) is 98.7 cm³/mol. The molecule has 3 aliphatic rings. The van der Waals surface area contributed by atoms with Crippen LogP contribution in [0.25, 0.3) is 0 Å². The van der Waals surface area contributed by atoms with Gasteiger partial charge in [-0.1, -0.05) is 18.2 Å². The lowest BCUT2D eigenvalue weighted by Crippen LogP contribution is -2.50. The van der Waals surface area contributed by atoms with Crippen LogP contribution in [0.2, 0.25) is 0 Å². The largest absolute Gasteiger partial charge is 0.379 e. The maximum atomic E-state index is 12.8. The number of hydrogen-bond donors (Lipinski definition) is 1. The zero-order valence-corrected chi connectivity index (χ0v) is 15.0. The number of rotatable bonds is 3. The SMILES string of the molecule is O=C1Nc2ccccc2CC[C@H]1N1CCC[C@@H](CN2CCOCC2)C1. The normalized spacial score (nSPS) is 28.9. The zero-order chi connectivity index (χ0) is 17.1. The molecular weight excluding hydrogens is 314 g/mol. The van der Waals surface area contributed by atoms with Gasteiger partial charge in [0, 0.05) is 31.9 Å². The van der Waals surface area contributed by atoms with E-state index in [1.54, 1.807) is 0 Å². The van der Waals surface area contributed by atoms with E-state index in [0.29, 0.717) is 5.92 Å². The number of likely N-dealkylation sites (tertiary alicyclic amines) is 1. The molecule has 1 aromatic carbocycles. The third kappa shape index (κ3) is 4.05. The first kappa shape index (κ1) is 17.0. The van der Waals surface area contributed by atoms with Gasteiger partial charge < -0.3 is 10.1 Å². The van der Waals surface area contributed by atoms with Crippen LogP contribution >= 0.6 is 0 Å². The van der Waals surface area contributed by atoms with Gasteiger partial charge in [0.25, 0.3) is 0 Å². The third-order valence-electron chi connectivity index (χ3n) is 5.88. The molecule has 3 aliphatic heterocycles. The van der Waals surface area contributed by atoms with Crippen molar-refractivity contribution in [2.24, 2.45) is 5.92 Å². The van der Waals surface area contributed by atoms with Gasteiger partial charge in [-0.3, -0.25) is 14.6 Å². The van der Waals surface area contributed by atoms with Gasteiger partial charge in [0.05, 0.1) is 19.3 Å². The summed E-state index contributed by atoms with van der Waals surface area (Å²) in [4.78, 5) is 17.8. The molecule has 0 radical (unpaired) electrons. The summed E-state index contributed by atoms with van der Waals surface area (Å²) in [6, 6.07) is 8.23. The maximum Gasteiger partial charge on any atom is 0.241 e. The van der Waals surface area contributed by atoms with Crippen LogP contribution in [0.1, 0.15) is 24.8 Å². The Morgan fingerprint density at radius 2 is 1.96 bits per heavy atom. The van der Waals surface area contributed by atoms with Crippen molar-refractivity contribution in [2.75, 3.05) is 51.3 Å². The van der Waals surface area contributed by atoms with Crippen molar-refractivity contribution in [3.05, 3.63) is 29.8 Å². The Hall–Kier alpha value is -1.43. The maximum absolute atomic E-state index is 12.8. The molecule has 0 saturated carbocycles. The van der Waals surface area contributed by atoms with Gasteiger partial charge in [-0.15, -0.1) is 0 Å². The van der Waals surface area contributed by atoms with Gasteiger partial charge in [0.2, 0.25) is 5.91 Å². The van der Waals surface area contributed by atoms with Crippen LogP contribution in [0, 0.1) is 5.92 Å². The Balaban J connectivity index is 1.38. The molecule has 1 N–H and O–H groups in total. The summed E-state index contributed by atoms with van der Waals surface area (Å²) in [5.41, 5.74) is 2.26. The second kappa shape index (κ2) is 7.85. The minimum absolute atomic E-state index is 0.0138. The van der Waals surface area contributed by atoms with Crippen LogP contribution < -0.4 is 5.32 Å². The van der Waals surface area contributed by atoms with E-state index < -0.39 is 0 Å². The minimum Gasteiger partial charge on any atom is -0.379 e. The van der Waals surface area contributed by atoms with E-state index >= 15 is 0 Å². The minimum atomic E-state index is 0.0138. The van der Waals surface area contributed by atoms with Gasteiger partial charge >= 0.3 is 0 Å². The number of benzene rings is 1. The highest BCUT2D eigenvalue weighted by Crippen LogP contribution is 2.27. The van der Waals surface area contributed by atoms with Crippen LogP contribution in [0.4, 0.5) is 5.69 Å². The number of aryl methyl sites for hydroxylation is 1. The second-order valence-electron chi connectivity index (χ2n) is 7.62. The van der Waals surface area contributed by atoms with Gasteiger partial charge in [-0.05, 0) is 49.8 Å². The topological polar surface area (TPSA) is 44.8 Å². The molecular formula is C20H29N3O2. The first-order chi connectivity index (χ1) is 12.3. The Morgan fingerprint density at radius 1 is 1.12 bits per heavy atom. The average molecular weight is 343 g/mol. The molecule has 5 nitrogen and oxygen atoms in total. The van der Waals surface area contributed by atoms with Gasteiger partial charge in [0.1, 0.15) is 0 Å². The van der Waals surface area contributed by atoms with Crippen LogP contribution in [0.3, 0.4) is 0 Å². The number of carbonyl (C=O) groups is 1. The molecule has 1 aromatic rings. The van der Waals surface area contributed by atoms with Crippen molar-refractivity contribution >= 4 is 11.6 Å². The molecule has 1 amide bonds. The van der Waals surface area contributed by atoms with Crippen molar-refractivity contribution in [1.82, 2.24) is 9.80 Å². The Labute approximate surface area is 150 Å². The lowest BCUT2D eigenvalue weighted by atomic mass is 9.94. The van der Waals surface area contributed by atoms with Crippen LogP contribution in [-0.4, -0.2) is 67.7 Å². The molecule has 0 bridgehead atoms. The van der Waals surface area contributed by atoms with Crippen molar-refractivity contribution in [3.8, 4) is 0 Å². The monoisotopic (exact) mass is 343 g/mol. The summed E-state index contributed by atoms with van der Waals surface area (Å²) in [5.74, 6) is 0.849. The molecule has 0 spiro atoms. The number of amides is 1. The smallest absolute Gasteiger partial charge is 0.241 e. The summed E-state index contributed by atoms with van der Waals surface area (Å²) < 4.78 is 5.46. The fourth-order valence-corrected chi connectivity index (χ4v) is 4.53. The quantitative estimate of drug-likeness (QED) is 0.912. The second-order valence-corrected chi connectivity index (χ2v) is 7.62. The van der Waals surface area contributed by atoms with Gasteiger partial charge in [0.15, 0.2) is 0 Å². The number of fused-ring (bicyclic) bond motifs is 1. The number of anilines is 1. The summed E-state index contributed by atoms with van der Waals surface area (Å²) in [6.07, 6.45) is 4.38. The summed E-state index contributed by atoms with van der Waals surface area (Å²) in [6.45, 7) is 7.07. The first-order valence-electron chi connectivity index (χ1n) is 9.72. The van der Waals surface area contributed by atoms with E-state index in [2.05, 4.69) is 27.2 Å². The van der Waals surface area contributed by atoms with Crippen LogP contribution in [-0.2, 0) is 16.0 Å². The lowest BCUT2D eigenvalue weighted by molar-refractivity contribution is -0.122. The van der Waals surface area contributed by atoms with Crippen LogP contribution in [0.15, 0.2) is 24.3 Å². The molecule has 2 fully saturated rings. The number of nitrogens with one attached hydrogen (secondary N) is 1. The Bertz CT molecular complexity index is 600. The van der Waals surface area contributed by atoms with E-state index in [4.69, 9.17) is 4.74 Å². The van der Waals surface area contributed by atoms with E-state index in [-0.39, 0.29) is 11.9 Å². The van der Waals surface area contributed by atoms with Crippen molar-refractivity contribution in [1.29, 1.82) is 0 Å². The highest BCUT2D eigenvalue weighted by molar-refractivity contribution is 5.96. The molecule has 5 heteroatoms. The summed E-state index contributed by atoms with van der Waals surface area (Å²) >= 11 is 0. The molecule has 0 unspecified atom stereocenters. The van der Waals surface area contributed by atoms with Gasteiger partial charge in [-0.2, -0.15) is 0 Å². The number of nitrogens with zero attached hydrogens (tertiary/aromatic N) is 2. The Kier molecular flexibility index (Phi) is 5.34. The molecule has 0 aliphatic carbocycles. The number of hydrogen-bond acceptors (Lipinski definition) is 4. The number of para-hydroxylation sites is 1. The van der Waals surface area contributed by atoms with Crippen LogP contribution in [0.5, 0.6) is 0 Å². The first-order valence-corrected chi connectivity index (χ1v) is 9.72. The number of ether oxygens (including phenoxy) is 1. The highest BCUT2D eigenvalue weighted by atomic mass is 16.5. The average Bonchev–Trinajstić information content (AvgIpc) is 2.81. The predicted octanol–water partition coefficient (Wildman–Crippen LogP) is 1.98. The zero-order valence-electron chi connectivity index (χ0n) is 15.0. The summed E-state index contributed by atoms with van der Waals surface area (Å²) in [7, 11) is 0. The summed E-state index contributed by atoms with van der Waals surface area (Å²) in [5, 5.41) is 3.16. The molecule has 25 heavy (non-hydrogen) atoms. The van der Waals surface area contributed by atoms with E-state index in [1.165, 1.54) is 18.4 Å². The van der Waals surface area contributed by atoms with Crippen molar-refractivity contribution in [3.63, 3.8) is 0 Å². The van der Waals surface area contributed by atoms with Gasteiger partial charge in [-0.25, -0.2) is 0 Å². The van der Waals surface area contributed by atoms with E-state index in [0.717, 1.165) is 64.5 Å². The molecule has 3 heterocycles. The molecule has 0 aromatic heterocycles. The number of carbonyl (C=O) groups excluding carboxylic acids is 1. The number of piperidine rings is 1. The molecule has 4 rings (SSSR count). The van der Waals surface area contributed by atoms with E-state index in [9.17, 15) is 4.79 Å². The number of morpholine rings is 1. The van der Waals surface area contributed by atoms with E-state index in [1.807, 2.05) is 12.1 Å². The fourth-order valence-electron chi connectivity index (χ4n) is 4.53.